The van der Waals surface area contributed by atoms with E-state index in [4.69, 9.17) is 0 Å². The highest BCUT2D eigenvalue weighted by Gasteiger charge is 2.06. The predicted octanol–water partition coefficient (Wildman–Crippen LogP) is -0.147. The maximum atomic E-state index is 11.9. The van der Waals surface area contributed by atoms with Crippen molar-refractivity contribution in [2.75, 3.05) is 14.1 Å². The molecule has 0 atom stereocenters. The highest BCUT2D eigenvalue weighted by molar-refractivity contribution is 5.76. The fourth-order valence-electron chi connectivity index (χ4n) is 1.41. The summed E-state index contributed by atoms with van der Waals surface area (Å²) in [5.74, 6) is 0. The summed E-state index contributed by atoms with van der Waals surface area (Å²) in [7, 11) is 5.17. The number of rotatable bonds is 4. The van der Waals surface area contributed by atoms with Crippen LogP contribution >= 0.6 is 0 Å². The van der Waals surface area contributed by atoms with Crippen LogP contribution in [0.2, 0.25) is 0 Å². The van der Waals surface area contributed by atoms with Crippen molar-refractivity contribution in [1.29, 1.82) is 0 Å². The number of hydrogen-bond acceptors (Lipinski definition) is 4. The van der Waals surface area contributed by atoms with E-state index in [1.807, 2.05) is 6.92 Å². The smallest absolute Gasteiger partial charge is 0.303 e. The first-order chi connectivity index (χ1) is 7.97. The fraction of sp³-hybridized carbons (Fsp3) is 0.545. The van der Waals surface area contributed by atoms with Crippen LogP contribution in [0.5, 0.6) is 0 Å². The molecule has 0 aliphatic rings. The van der Waals surface area contributed by atoms with Gasteiger partial charge in [0, 0.05) is 33.8 Å². The van der Waals surface area contributed by atoms with Gasteiger partial charge in [-0.05, 0) is 6.42 Å². The number of aromatic nitrogens is 2. The van der Waals surface area contributed by atoms with Crippen LogP contribution in [0, 0.1) is 0 Å². The topological polar surface area (TPSA) is 59.6 Å². The van der Waals surface area contributed by atoms with Gasteiger partial charge in [0.1, 0.15) is 0 Å². The van der Waals surface area contributed by atoms with E-state index in [-0.39, 0.29) is 11.2 Å². The van der Waals surface area contributed by atoms with Gasteiger partial charge in [-0.15, -0.1) is 0 Å². The highest BCUT2D eigenvalue weighted by atomic mass is 16.2. The van der Waals surface area contributed by atoms with Crippen molar-refractivity contribution in [2.24, 2.45) is 12.1 Å². The molecule has 0 bridgehead atoms. The molecular formula is C11H18N4O2. The maximum Gasteiger partial charge on any atom is 0.331 e. The summed E-state index contributed by atoms with van der Waals surface area (Å²) in [6.45, 7) is 2.36. The first-order valence-electron chi connectivity index (χ1n) is 5.49. The average Bonchev–Trinajstić information content (AvgIpc) is 2.27. The van der Waals surface area contributed by atoms with E-state index in [0.29, 0.717) is 12.2 Å². The Balaban J connectivity index is 3.30. The normalized spacial score (nSPS) is 11.1. The summed E-state index contributed by atoms with van der Waals surface area (Å²) in [5.41, 5.74) is -0.0873. The maximum absolute atomic E-state index is 11.9. The highest BCUT2D eigenvalue weighted by Crippen LogP contribution is 1.88. The van der Waals surface area contributed by atoms with Crippen LogP contribution in [0.1, 0.15) is 19.0 Å². The summed E-state index contributed by atoms with van der Waals surface area (Å²) >= 11 is 0. The standard InChI is InChI=1S/C11H18N4O2/c1-5-6-15-10(16)7-9(8-12-13(2)3)14(4)11(15)17/h7-8H,5-6H2,1-4H3. The largest absolute Gasteiger partial charge is 0.331 e. The molecule has 6 heteroatoms. The van der Waals surface area contributed by atoms with E-state index in [2.05, 4.69) is 5.10 Å². The second kappa shape index (κ2) is 5.47. The lowest BCUT2D eigenvalue weighted by Crippen LogP contribution is -2.40. The van der Waals surface area contributed by atoms with Crippen molar-refractivity contribution in [3.05, 3.63) is 32.6 Å². The SMILES string of the molecule is CCCn1c(=O)cc(C=NN(C)C)n(C)c1=O. The molecule has 0 aliphatic carbocycles. The summed E-state index contributed by atoms with van der Waals surface area (Å²) in [6, 6.07) is 1.42. The Morgan fingerprint density at radius 1 is 1.41 bits per heavy atom. The Labute approximate surface area is 99.8 Å². The minimum absolute atomic E-state index is 0.282. The minimum Gasteiger partial charge on any atom is -0.303 e. The molecule has 0 N–H and O–H groups in total. The van der Waals surface area contributed by atoms with Gasteiger partial charge in [-0.2, -0.15) is 5.10 Å². The Hall–Kier alpha value is -1.85. The average molecular weight is 238 g/mol. The lowest BCUT2D eigenvalue weighted by molar-refractivity contribution is 0.440. The van der Waals surface area contributed by atoms with E-state index in [1.54, 1.807) is 26.2 Å². The van der Waals surface area contributed by atoms with Gasteiger partial charge >= 0.3 is 5.69 Å². The van der Waals surface area contributed by atoms with Crippen LogP contribution in [0.3, 0.4) is 0 Å². The quantitative estimate of drug-likeness (QED) is 0.541. The zero-order valence-electron chi connectivity index (χ0n) is 10.7. The number of nitrogens with zero attached hydrogens (tertiary/aromatic N) is 4. The van der Waals surface area contributed by atoms with Gasteiger partial charge in [0.2, 0.25) is 0 Å². The van der Waals surface area contributed by atoms with Gasteiger partial charge in [0.25, 0.3) is 5.56 Å². The third-order valence-corrected chi connectivity index (χ3v) is 2.31. The monoisotopic (exact) mass is 238 g/mol. The van der Waals surface area contributed by atoms with Crippen molar-refractivity contribution < 1.29 is 0 Å². The van der Waals surface area contributed by atoms with Crippen LogP contribution in [0.25, 0.3) is 0 Å². The van der Waals surface area contributed by atoms with Gasteiger partial charge in [0.15, 0.2) is 0 Å². The predicted molar refractivity (Wildman–Crippen MR) is 67.5 cm³/mol. The van der Waals surface area contributed by atoms with Gasteiger partial charge in [0.05, 0.1) is 11.9 Å². The molecule has 1 aromatic rings. The second-order valence-corrected chi connectivity index (χ2v) is 3.99. The van der Waals surface area contributed by atoms with E-state index >= 15 is 0 Å². The van der Waals surface area contributed by atoms with Crippen molar-refractivity contribution in [2.45, 2.75) is 19.9 Å². The molecule has 0 aromatic carbocycles. The molecule has 17 heavy (non-hydrogen) atoms. The van der Waals surface area contributed by atoms with Crippen LogP contribution in [0.4, 0.5) is 0 Å². The molecule has 94 valence electrons. The van der Waals surface area contributed by atoms with Gasteiger partial charge in [-0.3, -0.25) is 13.9 Å². The van der Waals surface area contributed by atoms with E-state index in [1.165, 1.54) is 21.4 Å². The molecule has 1 aromatic heterocycles. The van der Waals surface area contributed by atoms with Gasteiger partial charge in [-0.1, -0.05) is 6.92 Å². The molecule has 6 nitrogen and oxygen atoms in total. The molecule has 0 saturated heterocycles. The molecule has 0 aliphatic heterocycles. The number of hydrazone groups is 1. The third-order valence-electron chi connectivity index (χ3n) is 2.31. The van der Waals surface area contributed by atoms with Crippen LogP contribution in [0.15, 0.2) is 20.8 Å². The summed E-state index contributed by atoms with van der Waals surface area (Å²) in [4.78, 5) is 23.6. The lowest BCUT2D eigenvalue weighted by Gasteiger charge is -2.09. The Morgan fingerprint density at radius 2 is 2.06 bits per heavy atom. The van der Waals surface area contributed by atoms with Crippen molar-refractivity contribution in [3.8, 4) is 0 Å². The molecule has 0 fully saturated rings. The molecule has 0 saturated carbocycles. The molecule has 0 radical (unpaired) electrons. The molecule has 0 unspecified atom stereocenters. The summed E-state index contributed by atoms with van der Waals surface area (Å²) in [5, 5.41) is 5.61. The van der Waals surface area contributed by atoms with Crippen molar-refractivity contribution in [1.82, 2.24) is 14.1 Å². The van der Waals surface area contributed by atoms with Crippen LogP contribution < -0.4 is 11.2 Å². The number of hydrogen-bond donors (Lipinski definition) is 0. The lowest BCUT2D eigenvalue weighted by atomic mass is 10.4. The molecule has 0 amide bonds. The van der Waals surface area contributed by atoms with E-state index in [0.717, 1.165) is 6.42 Å². The molecule has 1 heterocycles. The van der Waals surface area contributed by atoms with Crippen LogP contribution in [-0.4, -0.2) is 34.5 Å². The van der Waals surface area contributed by atoms with Crippen molar-refractivity contribution in [3.63, 3.8) is 0 Å². The molecular weight excluding hydrogens is 220 g/mol. The second-order valence-electron chi connectivity index (χ2n) is 3.99. The zero-order valence-corrected chi connectivity index (χ0v) is 10.7. The zero-order chi connectivity index (χ0) is 13.0. The first-order valence-corrected chi connectivity index (χ1v) is 5.49. The summed E-state index contributed by atoms with van der Waals surface area (Å²) < 4.78 is 2.65. The Morgan fingerprint density at radius 3 is 2.59 bits per heavy atom. The molecule has 1 rings (SSSR count). The Kier molecular flexibility index (Phi) is 4.25. The van der Waals surface area contributed by atoms with Crippen molar-refractivity contribution >= 4 is 6.21 Å². The Bertz CT molecular complexity index is 525. The van der Waals surface area contributed by atoms with Gasteiger partial charge in [-0.25, -0.2) is 4.79 Å². The van der Waals surface area contributed by atoms with Crippen LogP contribution in [-0.2, 0) is 13.6 Å². The third kappa shape index (κ3) is 3.05. The van der Waals surface area contributed by atoms with E-state index in [9.17, 15) is 9.59 Å². The molecule has 0 spiro atoms. The van der Waals surface area contributed by atoms with Gasteiger partial charge < -0.3 is 5.01 Å². The first kappa shape index (κ1) is 13.2. The van der Waals surface area contributed by atoms with E-state index < -0.39 is 0 Å². The summed E-state index contributed by atoms with van der Waals surface area (Å²) in [6.07, 6.45) is 2.25. The fourth-order valence-corrected chi connectivity index (χ4v) is 1.41. The minimum atomic E-state index is -0.306.